The van der Waals surface area contributed by atoms with E-state index in [2.05, 4.69) is 20.4 Å². The Morgan fingerprint density at radius 3 is 2.79 bits per heavy atom. The predicted octanol–water partition coefficient (Wildman–Crippen LogP) is 1.48. The first-order valence-corrected chi connectivity index (χ1v) is 6.12. The monoisotopic (exact) mass is 259 g/mol. The van der Waals surface area contributed by atoms with Gasteiger partial charge in [-0.15, -0.1) is 0 Å². The molecule has 2 heterocycles. The Hall–Kier alpha value is -2.21. The molecule has 2 aromatic heterocycles. The summed E-state index contributed by atoms with van der Waals surface area (Å²) < 4.78 is 5.59. The number of aromatic nitrogens is 3. The predicted molar refractivity (Wildman–Crippen MR) is 72.6 cm³/mol. The van der Waals surface area contributed by atoms with Gasteiger partial charge in [0.15, 0.2) is 0 Å². The van der Waals surface area contributed by atoms with Gasteiger partial charge in [0.2, 0.25) is 11.8 Å². The Balaban J connectivity index is 1.81. The van der Waals surface area contributed by atoms with Gasteiger partial charge in [-0.3, -0.25) is 10.4 Å². The van der Waals surface area contributed by atoms with Gasteiger partial charge in [-0.05, 0) is 37.5 Å². The number of nitrogens with two attached hydrogens (primary N) is 1. The highest BCUT2D eigenvalue weighted by Gasteiger charge is 2.02. The molecule has 0 amide bonds. The highest BCUT2D eigenvalue weighted by atomic mass is 16.5. The molecule has 0 aliphatic rings. The van der Waals surface area contributed by atoms with Crippen LogP contribution in [-0.2, 0) is 6.42 Å². The number of rotatable bonds is 6. The molecule has 6 heteroatoms. The van der Waals surface area contributed by atoms with E-state index in [9.17, 15) is 0 Å². The van der Waals surface area contributed by atoms with Crippen molar-refractivity contribution in [1.82, 2.24) is 15.0 Å². The van der Waals surface area contributed by atoms with Crippen molar-refractivity contribution >= 4 is 5.95 Å². The van der Waals surface area contributed by atoms with Crippen LogP contribution in [0.3, 0.4) is 0 Å². The molecule has 0 atom stereocenters. The van der Waals surface area contributed by atoms with E-state index in [0.29, 0.717) is 18.4 Å². The first kappa shape index (κ1) is 13.2. The summed E-state index contributed by atoms with van der Waals surface area (Å²) in [4.78, 5) is 12.2. The number of ether oxygens (including phenoxy) is 1. The van der Waals surface area contributed by atoms with E-state index in [4.69, 9.17) is 10.6 Å². The van der Waals surface area contributed by atoms with E-state index in [1.807, 2.05) is 19.1 Å². The van der Waals surface area contributed by atoms with Crippen molar-refractivity contribution in [3.05, 3.63) is 41.9 Å². The zero-order valence-corrected chi connectivity index (χ0v) is 10.8. The molecule has 2 rings (SSSR count). The third-order valence-corrected chi connectivity index (χ3v) is 2.57. The fourth-order valence-corrected chi connectivity index (χ4v) is 1.68. The Morgan fingerprint density at radius 1 is 1.26 bits per heavy atom. The fraction of sp³-hybridized carbons (Fsp3) is 0.308. The molecular weight excluding hydrogens is 242 g/mol. The zero-order valence-electron chi connectivity index (χ0n) is 10.8. The van der Waals surface area contributed by atoms with Gasteiger partial charge >= 0.3 is 0 Å². The number of anilines is 1. The summed E-state index contributed by atoms with van der Waals surface area (Å²) in [7, 11) is 0. The SMILES string of the molecule is Cc1cc(OCCCc2ccncc2)nc(NN)n1. The second kappa shape index (κ2) is 6.65. The summed E-state index contributed by atoms with van der Waals surface area (Å²) in [5.74, 6) is 6.18. The van der Waals surface area contributed by atoms with Gasteiger partial charge in [0.05, 0.1) is 6.61 Å². The van der Waals surface area contributed by atoms with Crippen LogP contribution in [0.1, 0.15) is 17.7 Å². The average Bonchev–Trinajstić information content (AvgIpc) is 2.44. The minimum absolute atomic E-state index is 0.365. The molecule has 0 saturated carbocycles. The molecule has 3 N–H and O–H groups in total. The molecule has 19 heavy (non-hydrogen) atoms. The van der Waals surface area contributed by atoms with E-state index in [0.717, 1.165) is 18.5 Å². The van der Waals surface area contributed by atoms with Crippen LogP contribution in [0.2, 0.25) is 0 Å². The lowest BCUT2D eigenvalue weighted by Crippen LogP contribution is -2.12. The van der Waals surface area contributed by atoms with E-state index in [1.165, 1.54) is 5.56 Å². The third kappa shape index (κ3) is 4.18. The van der Waals surface area contributed by atoms with Gasteiger partial charge in [0.25, 0.3) is 0 Å². The molecular formula is C13H17N5O. The maximum atomic E-state index is 5.59. The van der Waals surface area contributed by atoms with Gasteiger partial charge in [-0.1, -0.05) is 0 Å². The molecule has 0 radical (unpaired) electrons. The summed E-state index contributed by atoms with van der Waals surface area (Å²) in [6.07, 6.45) is 5.46. The van der Waals surface area contributed by atoms with Gasteiger partial charge in [-0.25, -0.2) is 10.8 Å². The number of hydrazine groups is 1. The second-order valence-electron chi connectivity index (χ2n) is 4.12. The average molecular weight is 259 g/mol. The fourth-order valence-electron chi connectivity index (χ4n) is 1.68. The number of pyridine rings is 1. The molecule has 0 unspecified atom stereocenters. The van der Waals surface area contributed by atoms with Crippen molar-refractivity contribution < 1.29 is 4.74 Å². The van der Waals surface area contributed by atoms with E-state index in [-0.39, 0.29) is 0 Å². The number of hydrogen-bond acceptors (Lipinski definition) is 6. The molecule has 6 nitrogen and oxygen atoms in total. The number of nitrogen functional groups attached to an aromatic ring is 1. The van der Waals surface area contributed by atoms with Crippen molar-refractivity contribution in [2.75, 3.05) is 12.0 Å². The molecule has 0 bridgehead atoms. The van der Waals surface area contributed by atoms with E-state index < -0.39 is 0 Å². The highest BCUT2D eigenvalue weighted by molar-refractivity contribution is 5.28. The van der Waals surface area contributed by atoms with Crippen molar-refractivity contribution in [3.63, 3.8) is 0 Å². The summed E-state index contributed by atoms with van der Waals surface area (Å²) in [6, 6.07) is 5.80. The van der Waals surface area contributed by atoms with Crippen LogP contribution in [0, 0.1) is 6.92 Å². The minimum Gasteiger partial charge on any atom is -0.478 e. The lowest BCUT2D eigenvalue weighted by atomic mass is 10.1. The van der Waals surface area contributed by atoms with Crippen molar-refractivity contribution in [1.29, 1.82) is 0 Å². The zero-order chi connectivity index (χ0) is 13.5. The normalized spacial score (nSPS) is 10.2. The number of aryl methyl sites for hydroxylation is 2. The molecule has 0 aromatic carbocycles. The molecule has 0 saturated heterocycles. The van der Waals surface area contributed by atoms with Gasteiger partial charge in [0.1, 0.15) is 0 Å². The Morgan fingerprint density at radius 2 is 2.05 bits per heavy atom. The maximum Gasteiger partial charge on any atom is 0.240 e. The van der Waals surface area contributed by atoms with Gasteiger partial charge in [-0.2, -0.15) is 4.98 Å². The lowest BCUT2D eigenvalue weighted by molar-refractivity contribution is 0.299. The van der Waals surface area contributed by atoms with Crippen LogP contribution < -0.4 is 16.0 Å². The Bertz CT molecular complexity index is 518. The second-order valence-corrected chi connectivity index (χ2v) is 4.12. The van der Waals surface area contributed by atoms with Crippen LogP contribution in [0.4, 0.5) is 5.95 Å². The van der Waals surface area contributed by atoms with Gasteiger partial charge < -0.3 is 4.74 Å². The number of nitrogens with zero attached hydrogens (tertiary/aromatic N) is 3. The van der Waals surface area contributed by atoms with Gasteiger partial charge in [0, 0.05) is 24.2 Å². The van der Waals surface area contributed by atoms with E-state index >= 15 is 0 Å². The Labute approximate surface area is 112 Å². The van der Waals surface area contributed by atoms with Crippen LogP contribution in [0.5, 0.6) is 5.88 Å². The summed E-state index contributed by atoms with van der Waals surface area (Å²) >= 11 is 0. The smallest absolute Gasteiger partial charge is 0.240 e. The third-order valence-electron chi connectivity index (χ3n) is 2.57. The molecule has 2 aromatic rings. The first-order valence-electron chi connectivity index (χ1n) is 6.12. The molecule has 0 aliphatic heterocycles. The molecule has 100 valence electrons. The topological polar surface area (TPSA) is 86.0 Å². The van der Waals surface area contributed by atoms with Crippen molar-refractivity contribution in [3.8, 4) is 5.88 Å². The quantitative estimate of drug-likeness (QED) is 0.464. The molecule has 0 aliphatic carbocycles. The first-order chi connectivity index (χ1) is 9.28. The van der Waals surface area contributed by atoms with Crippen LogP contribution in [-0.4, -0.2) is 21.6 Å². The molecule has 0 spiro atoms. The highest BCUT2D eigenvalue weighted by Crippen LogP contribution is 2.11. The number of hydrogen-bond donors (Lipinski definition) is 2. The lowest BCUT2D eigenvalue weighted by Gasteiger charge is -2.07. The Kier molecular flexibility index (Phi) is 4.63. The maximum absolute atomic E-state index is 5.59. The summed E-state index contributed by atoms with van der Waals surface area (Å²) in [6.45, 7) is 2.47. The van der Waals surface area contributed by atoms with Crippen LogP contribution in [0.15, 0.2) is 30.6 Å². The largest absolute Gasteiger partial charge is 0.478 e. The minimum atomic E-state index is 0.365. The van der Waals surface area contributed by atoms with Crippen LogP contribution in [0.25, 0.3) is 0 Å². The van der Waals surface area contributed by atoms with Crippen molar-refractivity contribution in [2.45, 2.75) is 19.8 Å². The van der Waals surface area contributed by atoms with Crippen LogP contribution >= 0.6 is 0 Å². The van der Waals surface area contributed by atoms with Crippen molar-refractivity contribution in [2.24, 2.45) is 5.84 Å². The standard InChI is InChI=1S/C13H17N5O/c1-10-9-12(17-13(16-10)18-14)19-8-2-3-11-4-6-15-7-5-11/h4-7,9H,2-3,8,14H2,1H3,(H,16,17,18). The summed E-state index contributed by atoms with van der Waals surface area (Å²) in [5, 5.41) is 0. The summed E-state index contributed by atoms with van der Waals surface area (Å²) in [5.41, 5.74) is 4.48. The van der Waals surface area contributed by atoms with E-state index in [1.54, 1.807) is 18.5 Å². The molecule has 0 fully saturated rings. The number of nitrogens with one attached hydrogen (secondary N) is 1.